The summed E-state index contributed by atoms with van der Waals surface area (Å²) in [5.74, 6) is 0.332. The molecule has 0 aliphatic heterocycles. The van der Waals surface area contributed by atoms with E-state index < -0.39 is 10.0 Å². The summed E-state index contributed by atoms with van der Waals surface area (Å²) in [7, 11) is -2.42. The number of benzene rings is 1. The van der Waals surface area contributed by atoms with Crippen molar-refractivity contribution in [3.05, 3.63) is 35.6 Å². The lowest BCUT2D eigenvalue weighted by Gasteiger charge is -2.11. The number of nitrogens with two attached hydrogens (primary N) is 1. The highest BCUT2D eigenvalue weighted by atomic mass is 35.5. The van der Waals surface area contributed by atoms with Gasteiger partial charge in [-0.2, -0.15) is 0 Å². The van der Waals surface area contributed by atoms with Crippen LogP contribution in [0.1, 0.15) is 0 Å². The van der Waals surface area contributed by atoms with Gasteiger partial charge in [0.2, 0.25) is 5.95 Å². The molecule has 0 atom stereocenters. The maximum absolute atomic E-state index is 12.2. The Hall–Kier alpha value is -2.06. The summed E-state index contributed by atoms with van der Waals surface area (Å²) in [6.45, 7) is 0. The maximum atomic E-state index is 12.2. The Labute approximate surface area is 120 Å². The van der Waals surface area contributed by atoms with Gasteiger partial charge in [0.25, 0.3) is 10.0 Å². The van der Waals surface area contributed by atoms with E-state index >= 15 is 0 Å². The van der Waals surface area contributed by atoms with Crippen molar-refractivity contribution in [2.24, 2.45) is 0 Å². The van der Waals surface area contributed by atoms with E-state index in [4.69, 9.17) is 22.1 Å². The van der Waals surface area contributed by atoms with E-state index in [1.807, 2.05) is 0 Å². The number of hydrogen-bond acceptors (Lipinski definition) is 6. The van der Waals surface area contributed by atoms with Gasteiger partial charge in [0.15, 0.2) is 0 Å². The van der Waals surface area contributed by atoms with Crippen molar-refractivity contribution in [1.29, 1.82) is 0 Å². The van der Waals surface area contributed by atoms with Crippen molar-refractivity contribution in [3.8, 4) is 5.75 Å². The number of nitrogens with one attached hydrogen (secondary N) is 1. The van der Waals surface area contributed by atoms with Gasteiger partial charge in [-0.3, -0.25) is 4.72 Å². The SMILES string of the molecule is COc1ccc(Cl)cc1NS(=O)(=O)c1cnc(N)nc1. The summed E-state index contributed by atoms with van der Waals surface area (Å²) in [6, 6.07) is 4.58. The molecule has 0 spiro atoms. The molecule has 2 aromatic rings. The Balaban J connectivity index is 2.37. The van der Waals surface area contributed by atoms with E-state index in [2.05, 4.69) is 14.7 Å². The molecule has 2 rings (SSSR count). The molecule has 3 N–H and O–H groups in total. The predicted octanol–water partition coefficient (Wildman–Crippen LogP) is 1.52. The zero-order valence-electron chi connectivity index (χ0n) is 10.4. The van der Waals surface area contributed by atoms with E-state index in [9.17, 15) is 8.42 Å². The van der Waals surface area contributed by atoms with Crippen molar-refractivity contribution >= 4 is 33.3 Å². The first-order chi connectivity index (χ1) is 9.42. The van der Waals surface area contributed by atoms with E-state index in [1.54, 1.807) is 12.1 Å². The molecular formula is C11H11ClN4O3S. The third-order valence-electron chi connectivity index (χ3n) is 2.36. The van der Waals surface area contributed by atoms with E-state index in [-0.39, 0.29) is 16.5 Å². The Bertz CT molecular complexity index is 719. The van der Waals surface area contributed by atoms with Gasteiger partial charge in [-0.25, -0.2) is 18.4 Å². The van der Waals surface area contributed by atoms with Gasteiger partial charge in [-0.15, -0.1) is 0 Å². The fraction of sp³-hybridized carbons (Fsp3) is 0.0909. The third kappa shape index (κ3) is 3.09. The number of aromatic nitrogens is 2. The molecular weight excluding hydrogens is 304 g/mol. The van der Waals surface area contributed by atoms with E-state index in [0.717, 1.165) is 12.4 Å². The highest BCUT2D eigenvalue weighted by Gasteiger charge is 2.17. The quantitative estimate of drug-likeness (QED) is 0.886. The summed E-state index contributed by atoms with van der Waals surface area (Å²) >= 11 is 5.84. The monoisotopic (exact) mass is 314 g/mol. The maximum Gasteiger partial charge on any atom is 0.265 e. The summed E-state index contributed by atoms with van der Waals surface area (Å²) < 4.78 is 31.7. The van der Waals surface area contributed by atoms with Gasteiger partial charge in [0, 0.05) is 5.02 Å². The lowest BCUT2D eigenvalue weighted by Crippen LogP contribution is -2.14. The lowest BCUT2D eigenvalue weighted by molar-refractivity contribution is 0.417. The van der Waals surface area contributed by atoms with Crippen LogP contribution in [0.4, 0.5) is 11.6 Å². The van der Waals surface area contributed by atoms with Gasteiger partial charge >= 0.3 is 0 Å². The van der Waals surface area contributed by atoms with Gasteiger partial charge in [-0.1, -0.05) is 11.6 Å². The zero-order chi connectivity index (χ0) is 14.8. The van der Waals surface area contributed by atoms with Gasteiger partial charge in [-0.05, 0) is 18.2 Å². The third-order valence-corrected chi connectivity index (χ3v) is 3.92. The second-order valence-electron chi connectivity index (χ2n) is 3.73. The number of methoxy groups -OCH3 is 1. The van der Waals surface area contributed by atoms with Crippen molar-refractivity contribution in [2.75, 3.05) is 17.6 Å². The van der Waals surface area contributed by atoms with Crippen LogP contribution in [-0.4, -0.2) is 25.5 Å². The number of hydrogen-bond donors (Lipinski definition) is 2. The smallest absolute Gasteiger partial charge is 0.265 e. The van der Waals surface area contributed by atoms with Gasteiger partial charge < -0.3 is 10.5 Å². The van der Waals surface area contributed by atoms with E-state index in [1.165, 1.54) is 13.2 Å². The lowest BCUT2D eigenvalue weighted by atomic mass is 10.3. The minimum Gasteiger partial charge on any atom is -0.495 e. The van der Waals surface area contributed by atoms with Crippen LogP contribution in [-0.2, 0) is 10.0 Å². The van der Waals surface area contributed by atoms with Gasteiger partial charge in [0.05, 0.1) is 25.2 Å². The van der Waals surface area contributed by atoms with Crippen molar-refractivity contribution in [2.45, 2.75) is 4.90 Å². The molecule has 20 heavy (non-hydrogen) atoms. The van der Waals surface area contributed by atoms with Crippen LogP contribution in [0, 0.1) is 0 Å². The van der Waals surface area contributed by atoms with Crippen LogP contribution >= 0.6 is 11.6 Å². The summed E-state index contributed by atoms with van der Waals surface area (Å²) in [4.78, 5) is 7.16. The minimum atomic E-state index is -3.85. The molecule has 0 unspecified atom stereocenters. The summed E-state index contributed by atoms with van der Waals surface area (Å²) in [6.07, 6.45) is 2.23. The predicted molar refractivity (Wildman–Crippen MR) is 75.3 cm³/mol. The fourth-order valence-electron chi connectivity index (χ4n) is 1.43. The highest BCUT2D eigenvalue weighted by molar-refractivity contribution is 7.92. The number of anilines is 2. The Morgan fingerprint density at radius 2 is 1.95 bits per heavy atom. The molecule has 7 nitrogen and oxygen atoms in total. The van der Waals surface area contributed by atoms with Crippen LogP contribution in [0.3, 0.4) is 0 Å². The number of sulfonamides is 1. The largest absolute Gasteiger partial charge is 0.495 e. The molecule has 1 heterocycles. The zero-order valence-corrected chi connectivity index (χ0v) is 11.9. The van der Waals surface area contributed by atoms with E-state index in [0.29, 0.717) is 10.8 Å². The summed E-state index contributed by atoms with van der Waals surface area (Å²) in [5, 5.41) is 0.372. The van der Waals surface area contributed by atoms with Crippen LogP contribution in [0.25, 0.3) is 0 Å². The normalized spacial score (nSPS) is 11.1. The summed E-state index contributed by atoms with van der Waals surface area (Å²) in [5.41, 5.74) is 5.53. The first-order valence-electron chi connectivity index (χ1n) is 5.36. The fourth-order valence-corrected chi connectivity index (χ4v) is 2.55. The molecule has 0 aliphatic rings. The first kappa shape index (κ1) is 14.4. The molecule has 1 aromatic carbocycles. The standard InChI is InChI=1S/C11H11ClN4O3S/c1-19-10-3-2-7(12)4-9(10)16-20(17,18)8-5-14-11(13)15-6-8/h2-6,16H,1H3,(H2,13,14,15). The molecule has 1 aromatic heterocycles. The molecule has 0 fully saturated rings. The minimum absolute atomic E-state index is 0.00992. The molecule has 0 radical (unpaired) electrons. The second-order valence-corrected chi connectivity index (χ2v) is 5.85. The molecule has 0 saturated carbocycles. The van der Waals surface area contributed by atoms with Crippen molar-refractivity contribution in [3.63, 3.8) is 0 Å². The van der Waals surface area contributed by atoms with Crippen molar-refractivity contribution in [1.82, 2.24) is 9.97 Å². The Morgan fingerprint density at radius 1 is 1.30 bits per heavy atom. The Kier molecular flexibility index (Phi) is 3.96. The van der Waals surface area contributed by atoms with Crippen LogP contribution < -0.4 is 15.2 Å². The number of ether oxygens (including phenoxy) is 1. The molecule has 0 amide bonds. The van der Waals surface area contributed by atoms with Crippen molar-refractivity contribution < 1.29 is 13.2 Å². The first-order valence-corrected chi connectivity index (χ1v) is 7.22. The molecule has 0 bridgehead atoms. The van der Waals surface area contributed by atoms with Crippen LogP contribution in [0.15, 0.2) is 35.5 Å². The van der Waals surface area contributed by atoms with Gasteiger partial charge in [0.1, 0.15) is 10.6 Å². The number of rotatable bonds is 4. The number of nitrogens with zero attached hydrogens (tertiary/aromatic N) is 2. The Morgan fingerprint density at radius 3 is 2.55 bits per heavy atom. The number of nitrogen functional groups attached to an aromatic ring is 1. The average Bonchev–Trinajstić information content (AvgIpc) is 2.39. The average molecular weight is 315 g/mol. The number of halogens is 1. The topological polar surface area (TPSA) is 107 Å². The highest BCUT2D eigenvalue weighted by Crippen LogP contribution is 2.29. The van der Waals surface area contributed by atoms with Crippen LogP contribution in [0.2, 0.25) is 5.02 Å². The molecule has 106 valence electrons. The second kappa shape index (κ2) is 5.51. The molecule has 0 saturated heterocycles. The van der Waals surface area contributed by atoms with Crippen LogP contribution in [0.5, 0.6) is 5.75 Å². The molecule has 0 aliphatic carbocycles. The molecule has 9 heteroatoms.